The Morgan fingerprint density at radius 3 is 2.14 bits per heavy atom. The lowest BCUT2D eigenvalue weighted by Gasteiger charge is -2.28. The van der Waals surface area contributed by atoms with E-state index >= 15 is 0 Å². The average molecular weight is 291 g/mol. The summed E-state index contributed by atoms with van der Waals surface area (Å²) in [7, 11) is 0. The third-order valence-corrected chi connectivity index (χ3v) is 3.98. The van der Waals surface area contributed by atoms with Gasteiger partial charge in [0.15, 0.2) is 0 Å². The minimum atomic E-state index is -0.975. The number of benzene rings is 1. The first kappa shape index (κ1) is 17.2. The zero-order chi connectivity index (χ0) is 16.0. The Morgan fingerprint density at radius 1 is 1.10 bits per heavy atom. The molecule has 1 amide bonds. The minimum absolute atomic E-state index is 0.102. The van der Waals surface area contributed by atoms with E-state index in [1.165, 1.54) is 4.90 Å². The van der Waals surface area contributed by atoms with Crippen molar-refractivity contribution < 1.29 is 14.7 Å². The molecule has 0 aliphatic carbocycles. The molecule has 0 saturated heterocycles. The molecule has 1 aromatic carbocycles. The van der Waals surface area contributed by atoms with Crippen molar-refractivity contribution in [2.45, 2.75) is 46.7 Å². The summed E-state index contributed by atoms with van der Waals surface area (Å²) in [5, 5.41) is 9.23. The zero-order valence-corrected chi connectivity index (χ0v) is 13.2. The highest BCUT2D eigenvalue weighted by molar-refractivity contribution is 5.83. The van der Waals surface area contributed by atoms with Crippen molar-refractivity contribution in [1.82, 2.24) is 4.90 Å². The molecule has 4 heteroatoms. The third-order valence-electron chi connectivity index (χ3n) is 3.98. The monoisotopic (exact) mass is 291 g/mol. The van der Waals surface area contributed by atoms with E-state index in [1.807, 2.05) is 37.3 Å². The largest absolute Gasteiger partial charge is 0.480 e. The van der Waals surface area contributed by atoms with E-state index in [4.69, 9.17) is 0 Å². The molecule has 2 atom stereocenters. The normalized spacial score (nSPS) is 13.8. The number of carboxylic acid groups (broad SMARTS) is 1. The number of carboxylic acids is 1. The van der Waals surface area contributed by atoms with Crippen LogP contribution in [0.15, 0.2) is 30.3 Å². The molecule has 1 aromatic rings. The summed E-state index contributed by atoms with van der Waals surface area (Å²) in [5.41, 5.74) is 0.941. The molecule has 1 rings (SSSR count). The molecule has 0 saturated carbocycles. The first-order chi connectivity index (χ1) is 9.82. The van der Waals surface area contributed by atoms with Crippen molar-refractivity contribution >= 4 is 11.9 Å². The lowest BCUT2D eigenvalue weighted by atomic mass is 9.94. The van der Waals surface area contributed by atoms with Crippen molar-refractivity contribution in [2.24, 2.45) is 11.8 Å². The van der Waals surface area contributed by atoms with Crippen LogP contribution >= 0.6 is 0 Å². The van der Waals surface area contributed by atoms with Gasteiger partial charge in [-0.3, -0.25) is 4.79 Å². The van der Waals surface area contributed by atoms with Gasteiger partial charge in [-0.05, 0) is 24.3 Å². The summed E-state index contributed by atoms with van der Waals surface area (Å²) in [6.07, 6.45) is 0.377. The summed E-state index contributed by atoms with van der Waals surface area (Å²) >= 11 is 0. The predicted octanol–water partition coefficient (Wildman–Crippen LogP) is 3.17. The van der Waals surface area contributed by atoms with Crippen LogP contribution < -0.4 is 0 Å². The van der Waals surface area contributed by atoms with Gasteiger partial charge in [0.1, 0.15) is 6.04 Å². The average Bonchev–Trinajstić information content (AvgIpc) is 2.44. The molecule has 0 heterocycles. The van der Waals surface area contributed by atoms with Crippen LogP contribution in [0, 0.1) is 11.8 Å². The third kappa shape index (κ3) is 5.21. The van der Waals surface area contributed by atoms with Gasteiger partial charge in [0.2, 0.25) is 5.91 Å². The second kappa shape index (κ2) is 7.81. The number of hydrogen-bond acceptors (Lipinski definition) is 2. The molecule has 21 heavy (non-hydrogen) atoms. The highest BCUT2D eigenvalue weighted by Crippen LogP contribution is 2.18. The Balaban J connectivity index is 2.87. The number of aliphatic carboxylic acids is 1. The van der Waals surface area contributed by atoms with Crippen LogP contribution in [0.25, 0.3) is 0 Å². The Labute approximate surface area is 126 Å². The molecule has 116 valence electrons. The molecule has 4 nitrogen and oxygen atoms in total. The predicted molar refractivity (Wildman–Crippen MR) is 82.7 cm³/mol. The molecular weight excluding hydrogens is 266 g/mol. The topological polar surface area (TPSA) is 57.6 Å². The summed E-state index contributed by atoms with van der Waals surface area (Å²) < 4.78 is 0. The van der Waals surface area contributed by atoms with Gasteiger partial charge in [-0.15, -0.1) is 0 Å². The molecule has 0 fully saturated rings. The molecule has 0 aliphatic heterocycles. The van der Waals surface area contributed by atoms with Gasteiger partial charge in [-0.1, -0.05) is 51.1 Å². The maximum Gasteiger partial charge on any atom is 0.326 e. The van der Waals surface area contributed by atoms with Gasteiger partial charge in [0, 0.05) is 13.0 Å². The molecule has 0 radical (unpaired) electrons. The fourth-order valence-electron chi connectivity index (χ4n) is 1.98. The van der Waals surface area contributed by atoms with Crippen LogP contribution in [0.3, 0.4) is 0 Å². The van der Waals surface area contributed by atoms with Crippen LogP contribution in [0.2, 0.25) is 0 Å². The van der Waals surface area contributed by atoms with Crippen molar-refractivity contribution in [3.63, 3.8) is 0 Å². The molecule has 0 bridgehead atoms. The summed E-state index contributed by atoms with van der Waals surface area (Å²) in [6, 6.07) is 8.66. The number of amides is 1. The van der Waals surface area contributed by atoms with Crippen LogP contribution in [-0.2, 0) is 16.1 Å². The van der Waals surface area contributed by atoms with Crippen molar-refractivity contribution in [3.8, 4) is 0 Å². The lowest BCUT2D eigenvalue weighted by Crippen LogP contribution is -2.43. The zero-order valence-electron chi connectivity index (χ0n) is 13.2. The Kier molecular flexibility index (Phi) is 6.40. The van der Waals surface area contributed by atoms with E-state index in [0.29, 0.717) is 18.9 Å². The van der Waals surface area contributed by atoms with E-state index in [-0.39, 0.29) is 11.8 Å². The quantitative estimate of drug-likeness (QED) is 0.839. The van der Waals surface area contributed by atoms with E-state index in [1.54, 1.807) is 6.92 Å². The molecule has 1 N–H and O–H groups in total. The van der Waals surface area contributed by atoms with E-state index in [2.05, 4.69) is 13.8 Å². The molecular formula is C17H25NO3. The molecule has 0 aliphatic rings. The standard InChI is InChI=1S/C17H25NO3/c1-12(2)13(3)10-16(19)18(14(4)17(20)21)11-15-8-6-5-7-9-15/h5-9,12-14H,10-11H2,1-4H3,(H,20,21). The smallest absolute Gasteiger partial charge is 0.326 e. The minimum Gasteiger partial charge on any atom is -0.480 e. The molecule has 0 aromatic heterocycles. The van der Waals surface area contributed by atoms with Gasteiger partial charge in [-0.2, -0.15) is 0 Å². The van der Waals surface area contributed by atoms with E-state index < -0.39 is 12.0 Å². The molecule has 0 spiro atoms. The molecule has 2 unspecified atom stereocenters. The number of carbonyl (C=O) groups is 2. The number of nitrogens with zero attached hydrogens (tertiary/aromatic N) is 1. The summed E-state index contributed by atoms with van der Waals surface area (Å²) in [6.45, 7) is 8.05. The Bertz CT molecular complexity index is 470. The highest BCUT2D eigenvalue weighted by atomic mass is 16.4. The number of carbonyl (C=O) groups excluding carboxylic acids is 1. The number of hydrogen-bond donors (Lipinski definition) is 1. The van der Waals surface area contributed by atoms with Crippen LogP contribution in [0.4, 0.5) is 0 Å². The van der Waals surface area contributed by atoms with Crippen LogP contribution in [0.1, 0.15) is 39.7 Å². The maximum atomic E-state index is 12.5. The van der Waals surface area contributed by atoms with E-state index in [9.17, 15) is 14.7 Å². The van der Waals surface area contributed by atoms with Crippen molar-refractivity contribution in [3.05, 3.63) is 35.9 Å². The second-order valence-electron chi connectivity index (χ2n) is 5.95. The van der Waals surface area contributed by atoms with E-state index in [0.717, 1.165) is 5.56 Å². The first-order valence-corrected chi connectivity index (χ1v) is 7.39. The fourth-order valence-corrected chi connectivity index (χ4v) is 1.98. The summed E-state index contributed by atoms with van der Waals surface area (Å²) in [4.78, 5) is 25.2. The maximum absolute atomic E-state index is 12.5. The van der Waals surface area contributed by atoms with Gasteiger partial charge < -0.3 is 10.0 Å². The number of rotatable bonds is 7. The highest BCUT2D eigenvalue weighted by Gasteiger charge is 2.27. The van der Waals surface area contributed by atoms with Crippen molar-refractivity contribution in [1.29, 1.82) is 0 Å². The SMILES string of the molecule is CC(C)C(C)CC(=O)N(Cc1ccccc1)C(C)C(=O)O. The van der Waals surface area contributed by atoms with Gasteiger partial charge in [-0.25, -0.2) is 4.79 Å². The van der Waals surface area contributed by atoms with Crippen LogP contribution in [-0.4, -0.2) is 27.9 Å². The van der Waals surface area contributed by atoms with Crippen LogP contribution in [0.5, 0.6) is 0 Å². The Morgan fingerprint density at radius 2 is 1.67 bits per heavy atom. The Hall–Kier alpha value is -1.84. The van der Waals surface area contributed by atoms with Crippen molar-refractivity contribution in [2.75, 3.05) is 0 Å². The van der Waals surface area contributed by atoms with Gasteiger partial charge >= 0.3 is 5.97 Å². The van der Waals surface area contributed by atoms with Gasteiger partial charge in [0.25, 0.3) is 0 Å². The lowest BCUT2D eigenvalue weighted by molar-refractivity contribution is -0.150. The fraction of sp³-hybridized carbons (Fsp3) is 0.529. The first-order valence-electron chi connectivity index (χ1n) is 7.39. The second-order valence-corrected chi connectivity index (χ2v) is 5.95. The van der Waals surface area contributed by atoms with Gasteiger partial charge in [0.05, 0.1) is 0 Å². The summed E-state index contributed by atoms with van der Waals surface area (Å²) in [5.74, 6) is -0.448.